The van der Waals surface area contributed by atoms with Crippen LogP contribution in [0.25, 0.3) is 0 Å². The Kier molecular flexibility index (Phi) is 4.38. The number of hydrogen-bond donors (Lipinski definition) is 2. The van der Waals surface area contributed by atoms with E-state index in [4.69, 9.17) is 15.6 Å². The van der Waals surface area contributed by atoms with Crippen LogP contribution in [0.3, 0.4) is 0 Å². The highest BCUT2D eigenvalue weighted by Crippen LogP contribution is 2.27. The van der Waals surface area contributed by atoms with Crippen LogP contribution in [0, 0.1) is 6.92 Å². The Labute approximate surface area is 92.0 Å². The van der Waals surface area contributed by atoms with Crippen LogP contribution in [-0.2, 0) is 6.54 Å². The standard InChI is InChI=1S/C10H14BrNO2/c1-7-4-9(11)5-8(6-12)10(7)14-3-2-13/h4-5,13H,2-3,6,12H2,1H3. The second-order valence-electron chi connectivity index (χ2n) is 2.99. The molecule has 1 rings (SSSR count). The first kappa shape index (κ1) is 11.5. The van der Waals surface area contributed by atoms with Crippen molar-refractivity contribution in [2.45, 2.75) is 13.5 Å². The minimum Gasteiger partial charge on any atom is -0.491 e. The van der Waals surface area contributed by atoms with Crippen molar-refractivity contribution in [2.24, 2.45) is 5.73 Å². The van der Waals surface area contributed by atoms with E-state index in [1.807, 2.05) is 19.1 Å². The van der Waals surface area contributed by atoms with Crippen molar-refractivity contribution in [1.82, 2.24) is 0 Å². The Hall–Kier alpha value is -0.580. The zero-order valence-electron chi connectivity index (χ0n) is 8.09. The maximum atomic E-state index is 8.67. The smallest absolute Gasteiger partial charge is 0.126 e. The molecule has 0 amide bonds. The van der Waals surface area contributed by atoms with Gasteiger partial charge in [0.05, 0.1) is 6.61 Å². The van der Waals surface area contributed by atoms with Gasteiger partial charge in [-0.1, -0.05) is 15.9 Å². The molecule has 0 atom stereocenters. The van der Waals surface area contributed by atoms with Crippen molar-refractivity contribution < 1.29 is 9.84 Å². The summed E-state index contributed by atoms with van der Waals surface area (Å²) in [5, 5.41) is 8.67. The van der Waals surface area contributed by atoms with Crippen LogP contribution in [0.5, 0.6) is 5.75 Å². The third-order valence-corrected chi connectivity index (χ3v) is 2.33. The third-order valence-electron chi connectivity index (χ3n) is 1.87. The van der Waals surface area contributed by atoms with Crippen molar-refractivity contribution in [3.05, 3.63) is 27.7 Å². The van der Waals surface area contributed by atoms with Gasteiger partial charge in [-0.2, -0.15) is 0 Å². The summed E-state index contributed by atoms with van der Waals surface area (Å²) in [5.41, 5.74) is 7.57. The van der Waals surface area contributed by atoms with Gasteiger partial charge in [-0.05, 0) is 24.6 Å². The number of halogens is 1. The molecule has 0 saturated carbocycles. The second kappa shape index (κ2) is 5.34. The highest BCUT2D eigenvalue weighted by Gasteiger charge is 2.07. The van der Waals surface area contributed by atoms with E-state index in [9.17, 15) is 0 Å². The van der Waals surface area contributed by atoms with Crippen molar-refractivity contribution in [3.8, 4) is 5.75 Å². The summed E-state index contributed by atoms with van der Waals surface area (Å²) < 4.78 is 6.40. The average Bonchev–Trinajstić information content (AvgIpc) is 2.15. The fourth-order valence-electron chi connectivity index (χ4n) is 1.31. The van der Waals surface area contributed by atoms with Gasteiger partial charge in [0.25, 0.3) is 0 Å². The summed E-state index contributed by atoms with van der Waals surface area (Å²) in [6.07, 6.45) is 0. The molecule has 0 spiro atoms. The lowest BCUT2D eigenvalue weighted by molar-refractivity contribution is 0.199. The van der Waals surface area contributed by atoms with Gasteiger partial charge < -0.3 is 15.6 Å². The van der Waals surface area contributed by atoms with Crippen molar-refractivity contribution >= 4 is 15.9 Å². The Balaban J connectivity index is 2.99. The van der Waals surface area contributed by atoms with Gasteiger partial charge in [-0.25, -0.2) is 0 Å². The molecule has 0 heterocycles. The van der Waals surface area contributed by atoms with Gasteiger partial charge in [-0.3, -0.25) is 0 Å². The Bertz CT molecular complexity index is 315. The Morgan fingerprint density at radius 3 is 2.79 bits per heavy atom. The van der Waals surface area contributed by atoms with Crippen LogP contribution in [-0.4, -0.2) is 18.3 Å². The first-order valence-electron chi connectivity index (χ1n) is 4.41. The van der Waals surface area contributed by atoms with Crippen molar-refractivity contribution in [3.63, 3.8) is 0 Å². The van der Waals surface area contributed by atoms with Crippen LogP contribution in [0.4, 0.5) is 0 Å². The van der Waals surface area contributed by atoms with E-state index in [1.165, 1.54) is 0 Å². The zero-order chi connectivity index (χ0) is 10.6. The minimum absolute atomic E-state index is 0.0134. The third kappa shape index (κ3) is 2.70. The number of hydrogen-bond acceptors (Lipinski definition) is 3. The number of ether oxygens (including phenoxy) is 1. The Morgan fingerprint density at radius 2 is 2.21 bits per heavy atom. The summed E-state index contributed by atoms with van der Waals surface area (Å²) in [6.45, 7) is 2.70. The van der Waals surface area contributed by atoms with Crippen LogP contribution in [0.15, 0.2) is 16.6 Å². The van der Waals surface area contributed by atoms with Crippen LogP contribution in [0.1, 0.15) is 11.1 Å². The highest BCUT2D eigenvalue weighted by molar-refractivity contribution is 9.10. The summed E-state index contributed by atoms with van der Waals surface area (Å²) in [6, 6.07) is 3.89. The van der Waals surface area contributed by atoms with Gasteiger partial charge >= 0.3 is 0 Å². The number of aliphatic hydroxyl groups is 1. The lowest BCUT2D eigenvalue weighted by atomic mass is 10.1. The van der Waals surface area contributed by atoms with Gasteiger partial charge in [-0.15, -0.1) is 0 Å². The molecular weight excluding hydrogens is 246 g/mol. The van der Waals surface area contributed by atoms with E-state index < -0.39 is 0 Å². The lowest BCUT2D eigenvalue weighted by Gasteiger charge is -2.12. The molecule has 78 valence electrons. The molecule has 0 unspecified atom stereocenters. The monoisotopic (exact) mass is 259 g/mol. The van der Waals surface area contributed by atoms with E-state index in [1.54, 1.807) is 0 Å². The van der Waals surface area contributed by atoms with E-state index >= 15 is 0 Å². The molecule has 0 aliphatic carbocycles. The fraction of sp³-hybridized carbons (Fsp3) is 0.400. The number of benzene rings is 1. The molecular formula is C10H14BrNO2. The molecule has 0 fully saturated rings. The summed E-state index contributed by atoms with van der Waals surface area (Å²) in [7, 11) is 0. The number of aliphatic hydroxyl groups excluding tert-OH is 1. The number of aryl methyl sites for hydroxylation is 1. The van der Waals surface area contributed by atoms with E-state index in [-0.39, 0.29) is 6.61 Å². The topological polar surface area (TPSA) is 55.5 Å². The van der Waals surface area contributed by atoms with E-state index in [2.05, 4.69) is 15.9 Å². The molecule has 0 saturated heterocycles. The van der Waals surface area contributed by atoms with Crippen molar-refractivity contribution in [2.75, 3.05) is 13.2 Å². The number of nitrogens with two attached hydrogens (primary N) is 1. The van der Waals surface area contributed by atoms with Crippen LogP contribution < -0.4 is 10.5 Å². The molecule has 3 N–H and O–H groups in total. The maximum absolute atomic E-state index is 8.67. The molecule has 1 aromatic rings. The first-order valence-corrected chi connectivity index (χ1v) is 5.21. The molecule has 0 aliphatic heterocycles. The van der Waals surface area contributed by atoms with Gasteiger partial charge in [0.15, 0.2) is 0 Å². The largest absolute Gasteiger partial charge is 0.491 e. The molecule has 4 heteroatoms. The predicted molar refractivity (Wildman–Crippen MR) is 59.4 cm³/mol. The molecule has 0 aliphatic rings. The average molecular weight is 260 g/mol. The quantitative estimate of drug-likeness (QED) is 0.864. The zero-order valence-corrected chi connectivity index (χ0v) is 9.67. The molecule has 0 aromatic heterocycles. The molecule has 1 aromatic carbocycles. The summed E-state index contributed by atoms with van der Waals surface area (Å²) >= 11 is 3.40. The Morgan fingerprint density at radius 1 is 1.50 bits per heavy atom. The highest BCUT2D eigenvalue weighted by atomic mass is 79.9. The minimum atomic E-state index is 0.0134. The molecule has 14 heavy (non-hydrogen) atoms. The van der Waals surface area contributed by atoms with E-state index in [0.29, 0.717) is 13.2 Å². The molecule has 0 bridgehead atoms. The fourth-order valence-corrected chi connectivity index (χ4v) is 1.92. The lowest BCUT2D eigenvalue weighted by Crippen LogP contribution is -2.07. The summed E-state index contributed by atoms with van der Waals surface area (Å²) in [5.74, 6) is 0.782. The maximum Gasteiger partial charge on any atom is 0.126 e. The predicted octanol–water partition coefficient (Wildman–Crippen LogP) is 1.59. The summed E-state index contributed by atoms with van der Waals surface area (Å²) in [4.78, 5) is 0. The van der Waals surface area contributed by atoms with Crippen molar-refractivity contribution in [1.29, 1.82) is 0 Å². The first-order chi connectivity index (χ1) is 6.69. The van der Waals surface area contributed by atoms with Gasteiger partial charge in [0, 0.05) is 16.6 Å². The SMILES string of the molecule is Cc1cc(Br)cc(CN)c1OCCO. The number of rotatable bonds is 4. The van der Waals surface area contributed by atoms with Crippen LogP contribution >= 0.6 is 15.9 Å². The van der Waals surface area contributed by atoms with Gasteiger partial charge in [0.1, 0.15) is 12.4 Å². The molecule has 3 nitrogen and oxygen atoms in total. The molecule has 0 radical (unpaired) electrons. The van der Waals surface area contributed by atoms with Crippen LogP contribution in [0.2, 0.25) is 0 Å². The normalized spacial score (nSPS) is 10.3. The van der Waals surface area contributed by atoms with E-state index in [0.717, 1.165) is 21.3 Å². The van der Waals surface area contributed by atoms with Gasteiger partial charge in [0.2, 0.25) is 0 Å². The second-order valence-corrected chi connectivity index (χ2v) is 3.90.